The van der Waals surface area contributed by atoms with Crippen LogP contribution >= 0.6 is 0 Å². The first-order valence-corrected chi connectivity index (χ1v) is 9.96. The highest BCUT2D eigenvalue weighted by Crippen LogP contribution is 2.13. The molecule has 1 fully saturated rings. The number of likely N-dealkylation sites (tertiary alicyclic amines) is 1. The van der Waals surface area contributed by atoms with Crippen LogP contribution in [0.5, 0.6) is 0 Å². The van der Waals surface area contributed by atoms with E-state index in [1.807, 2.05) is 12.3 Å². The number of aliphatic hydroxyl groups is 2. The summed E-state index contributed by atoms with van der Waals surface area (Å²) in [4.78, 5) is 4.61. The quantitative estimate of drug-likeness (QED) is 0.563. The smallest absolute Gasteiger partial charge is 0.131 e. The van der Waals surface area contributed by atoms with E-state index in [1.54, 1.807) is 6.08 Å². The molecule has 0 bridgehead atoms. The fraction of sp³-hybridized carbons (Fsp3) is 0.800. The van der Waals surface area contributed by atoms with Gasteiger partial charge in [-0.15, -0.1) is 0 Å². The molecule has 4 heteroatoms. The number of piperidine rings is 1. The lowest BCUT2D eigenvalue weighted by Gasteiger charge is -2.29. The van der Waals surface area contributed by atoms with Gasteiger partial charge in [-0.25, -0.2) is 0 Å². The molecule has 0 aromatic carbocycles. The Hall–Kier alpha value is -1.00. The Bertz CT molecular complexity index is 395. The second kappa shape index (κ2) is 11.5. The monoisotopic (exact) mass is 336 g/mol. The molecule has 0 spiro atoms. The van der Waals surface area contributed by atoms with Crippen LogP contribution < -0.4 is 0 Å². The van der Waals surface area contributed by atoms with Gasteiger partial charge < -0.3 is 20.0 Å². The number of rotatable bonds is 11. The Morgan fingerprint density at radius 2 is 1.62 bits per heavy atom. The summed E-state index contributed by atoms with van der Waals surface area (Å²) in [6, 6.07) is 0. The first-order chi connectivity index (χ1) is 11.7. The highest BCUT2D eigenvalue weighted by atomic mass is 16.3. The van der Waals surface area contributed by atoms with Gasteiger partial charge in [0.1, 0.15) is 5.76 Å². The van der Waals surface area contributed by atoms with Crippen LogP contribution in [0.25, 0.3) is 0 Å². The Kier molecular flexibility index (Phi) is 9.29. The van der Waals surface area contributed by atoms with E-state index in [1.165, 1.54) is 64.5 Å². The Balaban J connectivity index is 1.34. The van der Waals surface area contributed by atoms with E-state index in [0.717, 1.165) is 32.5 Å². The molecule has 0 radical (unpaired) electrons. The maximum atomic E-state index is 9.66. The van der Waals surface area contributed by atoms with Crippen molar-refractivity contribution in [1.29, 1.82) is 0 Å². The summed E-state index contributed by atoms with van der Waals surface area (Å²) in [6.45, 7) is 5.21. The van der Waals surface area contributed by atoms with Crippen LogP contribution in [0.1, 0.15) is 64.2 Å². The number of β-amino-alcohol motifs (C(OH)–C–C–N with tert-alkyl or cyclic N) is 1. The third kappa shape index (κ3) is 8.20. The molecule has 0 amide bonds. The molecule has 1 saturated heterocycles. The molecule has 0 saturated carbocycles. The van der Waals surface area contributed by atoms with Gasteiger partial charge in [0.15, 0.2) is 0 Å². The summed E-state index contributed by atoms with van der Waals surface area (Å²) >= 11 is 0. The van der Waals surface area contributed by atoms with Crippen LogP contribution in [-0.4, -0.2) is 58.8 Å². The van der Waals surface area contributed by atoms with E-state index >= 15 is 0 Å². The van der Waals surface area contributed by atoms with E-state index in [9.17, 15) is 10.2 Å². The SMILES string of the molecule is OC1=CN(CCCCCCCCCCN2CCCC(O)C2)CC=C1. The van der Waals surface area contributed by atoms with Crippen molar-refractivity contribution in [2.45, 2.75) is 70.3 Å². The molecule has 2 aliphatic rings. The molecule has 2 N–H and O–H groups in total. The summed E-state index contributed by atoms with van der Waals surface area (Å²) in [7, 11) is 0. The molecule has 2 aliphatic heterocycles. The summed E-state index contributed by atoms with van der Waals surface area (Å²) in [5, 5.41) is 19.1. The van der Waals surface area contributed by atoms with Crippen LogP contribution in [0.2, 0.25) is 0 Å². The first kappa shape index (κ1) is 19.3. The number of hydrogen-bond acceptors (Lipinski definition) is 4. The molecule has 4 nitrogen and oxygen atoms in total. The maximum Gasteiger partial charge on any atom is 0.131 e. The fourth-order valence-corrected chi connectivity index (χ4v) is 3.69. The van der Waals surface area contributed by atoms with Crippen molar-refractivity contribution in [2.75, 3.05) is 32.7 Å². The number of nitrogens with zero attached hydrogens (tertiary/aromatic N) is 2. The third-order valence-corrected chi connectivity index (χ3v) is 5.09. The second-order valence-electron chi connectivity index (χ2n) is 7.38. The molecular weight excluding hydrogens is 300 g/mol. The van der Waals surface area contributed by atoms with Crippen molar-refractivity contribution >= 4 is 0 Å². The molecule has 1 atom stereocenters. The standard InChI is InChI=1S/C20H36N2O2/c23-19-11-9-15-21(17-19)13-7-5-3-1-2-4-6-8-14-22-16-10-12-20(24)18-22/h9,11,17,20,23-24H,1-8,10,12-16,18H2. The van der Waals surface area contributed by atoms with E-state index in [-0.39, 0.29) is 6.10 Å². The van der Waals surface area contributed by atoms with Crippen molar-refractivity contribution < 1.29 is 10.2 Å². The normalized spacial score (nSPS) is 22.0. The molecule has 0 aromatic heterocycles. The zero-order valence-corrected chi connectivity index (χ0v) is 15.2. The van der Waals surface area contributed by atoms with E-state index in [2.05, 4.69) is 9.80 Å². The molecule has 24 heavy (non-hydrogen) atoms. The van der Waals surface area contributed by atoms with Crippen molar-refractivity contribution in [3.8, 4) is 0 Å². The highest BCUT2D eigenvalue weighted by Gasteiger charge is 2.16. The van der Waals surface area contributed by atoms with Crippen LogP contribution in [-0.2, 0) is 0 Å². The van der Waals surface area contributed by atoms with E-state index < -0.39 is 0 Å². The molecule has 138 valence electrons. The molecule has 0 aromatic rings. The van der Waals surface area contributed by atoms with Gasteiger partial charge in [0, 0.05) is 25.8 Å². The van der Waals surface area contributed by atoms with Crippen molar-refractivity contribution in [3.05, 3.63) is 24.1 Å². The average Bonchev–Trinajstić information content (AvgIpc) is 2.57. The van der Waals surface area contributed by atoms with E-state index in [4.69, 9.17) is 0 Å². The molecule has 0 aliphatic carbocycles. The zero-order chi connectivity index (χ0) is 17.0. The number of allylic oxidation sites excluding steroid dienone is 1. The van der Waals surface area contributed by atoms with Gasteiger partial charge in [-0.1, -0.05) is 44.6 Å². The first-order valence-electron chi connectivity index (χ1n) is 9.96. The van der Waals surface area contributed by atoms with E-state index in [0.29, 0.717) is 5.76 Å². The van der Waals surface area contributed by atoms with Gasteiger partial charge in [-0.3, -0.25) is 0 Å². The predicted octanol–water partition coefficient (Wildman–Crippen LogP) is 3.84. The third-order valence-electron chi connectivity index (χ3n) is 5.09. The summed E-state index contributed by atoms with van der Waals surface area (Å²) in [6.07, 6.45) is 18.2. The van der Waals surface area contributed by atoms with Gasteiger partial charge >= 0.3 is 0 Å². The van der Waals surface area contributed by atoms with Crippen LogP contribution in [0.15, 0.2) is 24.1 Å². The number of hydrogen-bond donors (Lipinski definition) is 2. The molecular formula is C20H36N2O2. The number of unbranched alkanes of at least 4 members (excludes halogenated alkanes) is 7. The Morgan fingerprint density at radius 3 is 2.29 bits per heavy atom. The van der Waals surface area contributed by atoms with Gasteiger partial charge in [0.05, 0.1) is 6.10 Å². The van der Waals surface area contributed by atoms with Gasteiger partial charge in [0.25, 0.3) is 0 Å². The molecule has 2 rings (SSSR count). The summed E-state index contributed by atoms with van der Waals surface area (Å²) in [5.41, 5.74) is 0. The largest absolute Gasteiger partial charge is 0.506 e. The van der Waals surface area contributed by atoms with Crippen molar-refractivity contribution in [1.82, 2.24) is 9.80 Å². The lowest BCUT2D eigenvalue weighted by molar-refractivity contribution is 0.0698. The van der Waals surface area contributed by atoms with Gasteiger partial charge in [-0.05, 0) is 44.8 Å². The van der Waals surface area contributed by atoms with Gasteiger partial charge in [0.2, 0.25) is 0 Å². The maximum absolute atomic E-state index is 9.66. The fourth-order valence-electron chi connectivity index (χ4n) is 3.69. The minimum absolute atomic E-state index is 0.0841. The topological polar surface area (TPSA) is 46.9 Å². The number of aliphatic hydroxyl groups excluding tert-OH is 2. The summed E-state index contributed by atoms with van der Waals surface area (Å²) in [5.74, 6) is 0.375. The summed E-state index contributed by atoms with van der Waals surface area (Å²) < 4.78 is 0. The predicted molar refractivity (Wildman–Crippen MR) is 100 cm³/mol. The van der Waals surface area contributed by atoms with Crippen LogP contribution in [0.3, 0.4) is 0 Å². The lowest BCUT2D eigenvalue weighted by Crippen LogP contribution is -2.38. The molecule has 1 unspecified atom stereocenters. The molecule has 2 heterocycles. The van der Waals surface area contributed by atoms with Crippen molar-refractivity contribution in [2.24, 2.45) is 0 Å². The van der Waals surface area contributed by atoms with Crippen LogP contribution in [0.4, 0.5) is 0 Å². The Morgan fingerprint density at radius 1 is 0.958 bits per heavy atom. The minimum Gasteiger partial charge on any atom is -0.506 e. The second-order valence-corrected chi connectivity index (χ2v) is 7.38. The average molecular weight is 337 g/mol. The van der Waals surface area contributed by atoms with Crippen LogP contribution in [0, 0.1) is 0 Å². The highest BCUT2D eigenvalue weighted by molar-refractivity contribution is 5.14. The Labute approximate surface area is 147 Å². The zero-order valence-electron chi connectivity index (χ0n) is 15.2. The minimum atomic E-state index is -0.0841. The van der Waals surface area contributed by atoms with Crippen molar-refractivity contribution in [3.63, 3.8) is 0 Å². The van der Waals surface area contributed by atoms with Gasteiger partial charge in [-0.2, -0.15) is 0 Å². The lowest BCUT2D eigenvalue weighted by atomic mass is 10.1.